The number of nitrogens with one attached hydrogen (secondary N) is 1. The van der Waals surface area contributed by atoms with Crippen LogP contribution in [0.3, 0.4) is 0 Å². The maximum atomic E-state index is 11.9. The second-order valence-electron chi connectivity index (χ2n) is 3.95. The molecule has 0 saturated heterocycles. The molecule has 0 saturated carbocycles. The van der Waals surface area contributed by atoms with Gasteiger partial charge >= 0.3 is 0 Å². The number of hydrogen-bond donors (Lipinski definition) is 1. The van der Waals surface area contributed by atoms with E-state index in [0.717, 1.165) is 24.0 Å². The average Bonchev–Trinajstić information content (AvgIpc) is 2.39. The van der Waals surface area contributed by atoms with Gasteiger partial charge in [0.25, 0.3) is 0 Å². The molecule has 80 valence electrons. The molecule has 1 unspecified atom stereocenters. The molecule has 0 spiro atoms. The summed E-state index contributed by atoms with van der Waals surface area (Å²) >= 11 is 5.90. The molecular weight excluding hydrogens is 210 g/mol. The van der Waals surface area contributed by atoms with Crippen molar-refractivity contribution in [1.29, 1.82) is 0 Å². The van der Waals surface area contributed by atoms with Gasteiger partial charge in [0.1, 0.15) is 0 Å². The quantitative estimate of drug-likeness (QED) is 0.741. The average molecular weight is 224 g/mol. The van der Waals surface area contributed by atoms with Crippen LogP contribution in [0.4, 0.5) is 0 Å². The fraction of sp³-hybridized carbons (Fsp3) is 0.417. The largest absolute Gasteiger partial charge is 0.317 e. The predicted molar refractivity (Wildman–Crippen MR) is 61.6 cm³/mol. The number of halogens is 1. The number of hydrogen-bond acceptors (Lipinski definition) is 2. The Morgan fingerprint density at radius 2 is 2.27 bits per heavy atom. The molecule has 0 amide bonds. The first-order valence-electron chi connectivity index (χ1n) is 5.19. The van der Waals surface area contributed by atoms with E-state index in [-0.39, 0.29) is 5.78 Å². The summed E-state index contributed by atoms with van der Waals surface area (Å²) in [5.74, 6) is 0.198. The molecule has 2 rings (SSSR count). The van der Waals surface area contributed by atoms with Crippen LogP contribution in [0.2, 0.25) is 5.02 Å². The molecule has 1 aliphatic carbocycles. The van der Waals surface area contributed by atoms with E-state index in [4.69, 9.17) is 11.6 Å². The van der Waals surface area contributed by atoms with E-state index in [1.54, 1.807) is 6.07 Å². The highest BCUT2D eigenvalue weighted by Gasteiger charge is 2.21. The number of carbonyl (C=O) groups is 1. The molecule has 0 radical (unpaired) electrons. The summed E-state index contributed by atoms with van der Waals surface area (Å²) in [5.41, 5.74) is 1.93. The van der Waals surface area contributed by atoms with Gasteiger partial charge in [-0.05, 0) is 37.6 Å². The molecule has 0 aliphatic heterocycles. The molecular formula is C12H14ClNO. The van der Waals surface area contributed by atoms with E-state index in [9.17, 15) is 4.79 Å². The zero-order valence-corrected chi connectivity index (χ0v) is 9.47. The van der Waals surface area contributed by atoms with Crippen LogP contribution < -0.4 is 5.32 Å². The smallest absolute Gasteiger partial charge is 0.164 e. The van der Waals surface area contributed by atoms with Crippen LogP contribution in [0.25, 0.3) is 0 Å². The second kappa shape index (κ2) is 4.33. The first-order valence-corrected chi connectivity index (χ1v) is 5.57. The molecule has 0 heterocycles. The fourth-order valence-corrected chi connectivity index (χ4v) is 2.21. The maximum absolute atomic E-state index is 11.9. The third kappa shape index (κ3) is 2.21. The minimum atomic E-state index is 0.198. The van der Waals surface area contributed by atoms with Crippen LogP contribution in [-0.4, -0.2) is 18.9 Å². The van der Waals surface area contributed by atoms with E-state index >= 15 is 0 Å². The summed E-state index contributed by atoms with van der Waals surface area (Å²) in [4.78, 5) is 11.9. The molecule has 1 aromatic carbocycles. The van der Waals surface area contributed by atoms with Crippen molar-refractivity contribution < 1.29 is 4.79 Å². The van der Waals surface area contributed by atoms with Crippen molar-refractivity contribution in [2.24, 2.45) is 0 Å². The Bertz CT molecular complexity index is 389. The van der Waals surface area contributed by atoms with Gasteiger partial charge in [-0.15, -0.1) is 0 Å². The van der Waals surface area contributed by atoms with Crippen molar-refractivity contribution in [3.8, 4) is 0 Å². The van der Waals surface area contributed by atoms with Gasteiger partial charge in [0.2, 0.25) is 0 Å². The van der Waals surface area contributed by atoms with Gasteiger partial charge in [0.05, 0.1) is 0 Å². The Labute approximate surface area is 94.6 Å². The van der Waals surface area contributed by atoms with Crippen molar-refractivity contribution >= 4 is 17.4 Å². The number of benzene rings is 1. The lowest BCUT2D eigenvalue weighted by atomic mass is 10.0. The normalized spacial score (nSPS) is 20.9. The van der Waals surface area contributed by atoms with Crippen LogP contribution >= 0.6 is 11.6 Å². The molecule has 0 fully saturated rings. The van der Waals surface area contributed by atoms with Crippen molar-refractivity contribution in [1.82, 2.24) is 5.32 Å². The number of ketones is 1. The Morgan fingerprint density at radius 1 is 1.47 bits per heavy atom. The molecule has 1 aromatic rings. The van der Waals surface area contributed by atoms with Gasteiger partial charge in [-0.2, -0.15) is 0 Å². The van der Waals surface area contributed by atoms with Crippen LogP contribution in [0.1, 0.15) is 28.8 Å². The van der Waals surface area contributed by atoms with E-state index < -0.39 is 0 Å². The predicted octanol–water partition coefficient (Wildman–Crippen LogP) is 2.45. The SMILES string of the molecule is CNC1CCc2ccc(Cl)cc2C(=O)C1. The summed E-state index contributed by atoms with van der Waals surface area (Å²) < 4.78 is 0. The summed E-state index contributed by atoms with van der Waals surface area (Å²) in [5, 5.41) is 3.81. The molecule has 1 N–H and O–H groups in total. The second-order valence-corrected chi connectivity index (χ2v) is 4.39. The molecule has 1 aliphatic rings. The molecule has 0 aromatic heterocycles. The number of fused-ring (bicyclic) bond motifs is 1. The minimum absolute atomic E-state index is 0.198. The van der Waals surface area contributed by atoms with Gasteiger partial charge in [-0.1, -0.05) is 17.7 Å². The Morgan fingerprint density at radius 3 is 3.00 bits per heavy atom. The standard InChI is InChI=1S/C12H14ClNO/c1-14-10-5-3-8-2-4-9(13)6-11(8)12(15)7-10/h2,4,6,10,14H,3,5,7H2,1H3. The highest BCUT2D eigenvalue weighted by atomic mass is 35.5. The van der Waals surface area contributed by atoms with Gasteiger partial charge in [-0.3, -0.25) is 4.79 Å². The highest BCUT2D eigenvalue weighted by Crippen LogP contribution is 2.23. The van der Waals surface area contributed by atoms with E-state index in [1.165, 1.54) is 0 Å². The fourth-order valence-electron chi connectivity index (χ4n) is 2.04. The third-order valence-corrected chi connectivity index (χ3v) is 3.21. The lowest BCUT2D eigenvalue weighted by molar-refractivity contribution is 0.0972. The van der Waals surface area contributed by atoms with Crippen LogP contribution in [-0.2, 0) is 6.42 Å². The number of Topliss-reactive ketones (excluding diaryl/α,β-unsaturated/α-hetero) is 1. The minimum Gasteiger partial charge on any atom is -0.317 e. The lowest BCUT2D eigenvalue weighted by Gasteiger charge is -2.10. The first kappa shape index (κ1) is 10.7. The molecule has 2 nitrogen and oxygen atoms in total. The monoisotopic (exact) mass is 223 g/mol. The zero-order valence-electron chi connectivity index (χ0n) is 8.72. The summed E-state index contributed by atoms with van der Waals surface area (Å²) in [7, 11) is 1.90. The summed E-state index contributed by atoms with van der Waals surface area (Å²) in [6.07, 6.45) is 2.53. The Balaban J connectivity index is 2.35. The van der Waals surface area contributed by atoms with Crippen LogP contribution in [0.15, 0.2) is 18.2 Å². The van der Waals surface area contributed by atoms with E-state index in [1.807, 2.05) is 19.2 Å². The van der Waals surface area contributed by atoms with Crippen LogP contribution in [0, 0.1) is 0 Å². The first-order chi connectivity index (χ1) is 7.20. The zero-order chi connectivity index (χ0) is 10.8. The van der Waals surface area contributed by atoms with Crippen molar-refractivity contribution in [2.75, 3.05) is 7.05 Å². The molecule has 15 heavy (non-hydrogen) atoms. The Kier molecular flexibility index (Phi) is 3.08. The van der Waals surface area contributed by atoms with Gasteiger partial charge in [-0.25, -0.2) is 0 Å². The highest BCUT2D eigenvalue weighted by molar-refractivity contribution is 6.31. The molecule has 3 heteroatoms. The maximum Gasteiger partial charge on any atom is 0.164 e. The van der Waals surface area contributed by atoms with Crippen LogP contribution in [0.5, 0.6) is 0 Å². The summed E-state index contributed by atoms with van der Waals surface area (Å²) in [6, 6.07) is 5.90. The van der Waals surface area contributed by atoms with E-state index in [2.05, 4.69) is 5.32 Å². The van der Waals surface area contributed by atoms with Gasteiger partial charge < -0.3 is 5.32 Å². The van der Waals surface area contributed by atoms with E-state index in [0.29, 0.717) is 17.5 Å². The number of carbonyl (C=O) groups excluding carboxylic acids is 1. The third-order valence-electron chi connectivity index (χ3n) is 2.97. The van der Waals surface area contributed by atoms with Gasteiger partial charge in [0.15, 0.2) is 5.78 Å². The van der Waals surface area contributed by atoms with Crippen molar-refractivity contribution in [2.45, 2.75) is 25.3 Å². The number of rotatable bonds is 1. The molecule has 1 atom stereocenters. The Hall–Kier alpha value is -0.860. The summed E-state index contributed by atoms with van der Waals surface area (Å²) in [6.45, 7) is 0. The lowest BCUT2D eigenvalue weighted by Crippen LogP contribution is -2.26. The van der Waals surface area contributed by atoms with Crippen molar-refractivity contribution in [3.05, 3.63) is 34.3 Å². The van der Waals surface area contributed by atoms with Gasteiger partial charge in [0, 0.05) is 23.0 Å². The molecule has 0 bridgehead atoms. The number of aryl methyl sites for hydroxylation is 1. The topological polar surface area (TPSA) is 29.1 Å². The van der Waals surface area contributed by atoms with Crippen molar-refractivity contribution in [3.63, 3.8) is 0 Å².